The van der Waals surface area contributed by atoms with Crippen molar-refractivity contribution in [1.82, 2.24) is 9.47 Å². The highest BCUT2D eigenvalue weighted by Crippen LogP contribution is 2.25. The normalized spacial score (nSPS) is 12.0. The summed E-state index contributed by atoms with van der Waals surface area (Å²) in [4.78, 5) is 40.0. The van der Waals surface area contributed by atoms with Crippen LogP contribution in [-0.2, 0) is 11.8 Å². The number of aromatic nitrogens is 1. The van der Waals surface area contributed by atoms with E-state index in [0.717, 1.165) is 6.07 Å². The molecule has 0 fully saturated rings. The largest absolute Gasteiger partial charge is 0.464 e. The molecule has 0 aliphatic heterocycles. The quantitative estimate of drug-likeness (QED) is 0.546. The Morgan fingerprint density at radius 3 is 2.28 bits per heavy atom. The van der Waals surface area contributed by atoms with E-state index in [-0.39, 0.29) is 17.4 Å². The van der Waals surface area contributed by atoms with Crippen molar-refractivity contribution in [3.8, 4) is 0 Å². The Morgan fingerprint density at radius 2 is 1.76 bits per heavy atom. The van der Waals surface area contributed by atoms with Crippen LogP contribution in [0.3, 0.4) is 0 Å². The summed E-state index contributed by atoms with van der Waals surface area (Å²) in [5.74, 6) is -1.77. The topological polar surface area (TPSA) is 68.6 Å². The van der Waals surface area contributed by atoms with Crippen LogP contribution in [0, 0.1) is 19.7 Å². The first-order chi connectivity index (χ1) is 13.5. The van der Waals surface area contributed by atoms with E-state index < -0.39 is 23.7 Å². The van der Waals surface area contributed by atoms with Crippen LogP contribution in [-0.4, -0.2) is 46.3 Å². The number of halogens is 1. The molecule has 1 heterocycles. The third kappa shape index (κ3) is 4.09. The number of Topliss-reactive ketones (excluding diaryl/α,β-unsaturated/α-hetero) is 1. The van der Waals surface area contributed by atoms with Gasteiger partial charge in [0.1, 0.15) is 11.5 Å². The summed E-state index contributed by atoms with van der Waals surface area (Å²) in [7, 11) is 2.97. The minimum Gasteiger partial charge on any atom is -0.464 e. The van der Waals surface area contributed by atoms with E-state index in [1.807, 2.05) is 0 Å². The molecule has 1 aromatic heterocycles. The van der Waals surface area contributed by atoms with Crippen LogP contribution in [0.5, 0.6) is 0 Å². The first-order valence-electron chi connectivity index (χ1n) is 9.39. The predicted molar refractivity (Wildman–Crippen MR) is 108 cm³/mol. The van der Waals surface area contributed by atoms with Gasteiger partial charge in [-0.1, -0.05) is 6.07 Å². The highest BCUT2D eigenvalue weighted by molar-refractivity contribution is 6.07. The molecular weight excluding hydrogens is 375 g/mol. The van der Waals surface area contributed by atoms with E-state index >= 15 is 0 Å². The number of ketones is 1. The van der Waals surface area contributed by atoms with Crippen LogP contribution in [0.2, 0.25) is 0 Å². The maximum absolute atomic E-state index is 13.6. The van der Waals surface area contributed by atoms with Gasteiger partial charge in [0.2, 0.25) is 0 Å². The molecule has 0 aliphatic carbocycles. The van der Waals surface area contributed by atoms with Crippen molar-refractivity contribution in [1.29, 1.82) is 0 Å². The molecule has 0 bridgehead atoms. The third-order valence-electron chi connectivity index (χ3n) is 5.21. The Balaban J connectivity index is 2.48. The van der Waals surface area contributed by atoms with E-state index in [4.69, 9.17) is 4.74 Å². The van der Waals surface area contributed by atoms with Gasteiger partial charge in [-0.3, -0.25) is 9.59 Å². The summed E-state index contributed by atoms with van der Waals surface area (Å²) in [6.07, 6.45) is 0. The van der Waals surface area contributed by atoms with Gasteiger partial charge in [-0.15, -0.1) is 0 Å². The molecule has 0 aliphatic rings. The van der Waals surface area contributed by atoms with Crippen molar-refractivity contribution in [2.45, 2.75) is 46.7 Å². The number of methoxy groups -OCH3 is 1. The second kappa shape index (κ2) is 8.59. The van der Waals surface area contributed by atoms with E-state index in [0.29, 0.717) is 22.5 Å². The standard InChI is InChI=1S/C22H27FN2O4/c1-12(2)25(21(27)16-9-8-10-17(23)11-16)15(5)20(26)18-13(3)19(22(28)29-7)24(6)14(18)4/h8-12,15H,1-7H3. The van der Waals surface area contributed by atoms with Crippen LogP contribution < -0.4 is 0 Å². The number of nitrogens with zero attached hydrogens (tertiary/aromatic N) is 2. The maximum atomic E-state index is 13.6. The van der Waals surface area contributed by atoms with Gasteiger partial charge in [0.05, 0.1) is 13.2 Å². The summed E-state index contributed by atoms with van der Waals surface area (Å²) >= 11 is 0. The molecular formula is C22H27FN2O4. The van der Waals surface area contributed by atoms with Gasteiger partial charge in [-0.2, -0.15) is 0 Å². The van der Waals surface area contributed by atoms with Gasteiger partial charge in [0.25, 0.3) is 5.91 Å². The Hall–Kier alpha value is -2.96. The Kier molecular flexibility index (Phi) is 6.62. The fourth-order valence-electron chi connectivity index (χ4n) is 3.69. The fraction of sp³-hybridized carbons (Fsp3) is 0.409. The van der Waals surface area contributed by atoms with Crippen LogP contribution in [0.4, 0.5) is 4.39 Å². The number of carbonyl (C=O) groups is 3. The first-order valence-corrected chi connectivity index (χ1v) is 9.39. The molecule has 2 aromatic rings. The lowest BCUT2D eigenvalue weighted by molar-refractivity contribution is 0.0565. The number of amides is 1. The van der Waals surface area contributed by atoms with E-state index in [1.54, 1.807) is 46.2 Å². The van der Waals surface area contributed by atoms with Crippen molar-refractivity contribution in [3.63, 3.8) is 0 Å². The summed E-state index contributed by atoms with van der Waals surface area (Å²) in [5.41, 5.74) is 1.98. The van der Waals surface area contributed by atoms with Crippen molar-refractivity contribution >= 4 is 17.7 Å². The van der Waals surface area contributed by atoms with Gasteiger partial charge in [-0.05, 0) is 58.4 Å². The molecule has 1 amide bonds. The molecule has 0 radical (unpaired) electrons. The monoisotopic (exact) mass is 402 g/mol. The second-order valence-corrected chi connectivity index (χ2v) is 7.34. The molecule has 2 rings (SSSR count). The van der Waals surface area contributed by atoms with E-state index in [1.165, 1.54) is 30.2 Å². The lowest BCUT2D eigenvalue weighted by Crippen LogP contribution is -2.47. The highest BCUT2D eigenvalue weighted by Gasteiger charge is 2.34. The van der Waals surface area contributed by atoms with Gasteiger partial charge in [0, 0.05) is 29.9 Å². The molecule has 0 N–H and O–H groups in total. The van der Waals surface area contributed by atoms with E-state index in [2.05, 4.69) is 0 Å². The maximum Gasteiger partial charge on any atom is 0.354 e. The molecule has 7 heteroatoms. The molecule has 1 aromatic carbocycles. The molecule has 0 saturated heterocycles. The van der Waals surface area contributed by atoms with Crippen LogP contribution >= 0.6 is 0 Å². The Bertz CT molecular complexity index is 962. The highest BCUT2D eigenvalue weighted by atomic mass is 19.1. The summed E-state index contributed by atoms with van der Waals surface area (Å²) in [5, 5.41) is 0. The minimum atomic E-state index is -0.809. The molecule has 0 saturated carbocycles. The van der Waals surface area contributed by atoms with E-state index in [9.17, 15) is 18.8 Å². The summed E-state index contributed by atoms with van der Waals surface area (Å²) in [6.45, 7) is 8.67. The van der Waals surface area contributed by atoms with Crippen molar-refractivity contribution in [2.75, 3.05) is 7.11 Å². The number of hydrogen-bond donors (Lipinski definition) is 0. The van der Waals surface area contributed by atoms with Crippen LogP contribution in [0.15, 0.2) is 24.3 Å². The SMILES string of the molecule is COC(=O)c1c(C)c(C(=O)C(C)N(C(=O)c2cccc(F)c2)C(C)C)c(C)n1C. The molecule has 1 unspecified atom stereocenters. The molecule has 0 spiro atoms. The number of esters is 1. The van der Waals surface area contributed by atoms with Gasteiger partial charge >= 0.3 is 5.97 Å². The average molecular weight is 402 g/mol. The lowest BCUT2D eigenvalue weighted by Gasteiger charge is -2.32. The molecule has 6 nitrogen and oxygen atoms in total. The van der Waals surface area contributed by atoms with Crippen LogP contribution in [0.25, 0.3) is 0 Å². The Labute approximate surface area is 170 Å². The Morgan fingerprint density at radius 1 is 1.14 bits per heavy atom. The van der Waals surface area contributed by atoms with Gasteiger partial charge < -0.3 is 14.2 Å². The fourth-order valence-corrected chi connectivity index (χ4v) is 3.69. The molecule has 1 atom stereocenters. The zero-order valence-electron chi connectivity index (χ0n) is 17.9. The number of benzene rings is 1. The molecule has 29 heavy (non-hydrogen) atoms. The third-order valence-corrected chi connectivity index (χ3v) is 5.21. The number of carbonyl (C=O) groups excluding carboxylic acids is 3. The smallest absolute Gasteiger partial charge is 0.354 e. The average Bonchev–Trinajstić information content (AvgIpc) is 2.89. The zero-order chi connectivity index (χ0) is 22.0. The van der Waals surface area contributed by atoms with Gasteiger partial charge in [-0.25, -0.2) is 9.18 Å². The zero-order valence-corrected chi connectivity index (χ0v) is 17.9. The minimum absolute atomic E-state index is 0.176. The van der Waals surface area contributed by atoms with Crippen molar-refractivity contribution in [3.05, 3.63) is 58.2 Å². The lowest BCUT2D eigenvalue weighted by atomic mass is 9.98. The van der Waals surface area contributed by atoms with Crippen molar-refractivity contribution in [2.24, 2.45) is 7.05 Å². The van der Waals surface area contributed by atoms with Gasteiger partial charge in [0.15, 0.2) is 5.78 Å². The number of ether oxygens (including phenoxy) is 1. The van der Waals surface area contributed by atoms with Crippen LogP contribution in [0.1, 0.15) is 63.2 Å². The second-order valence-electron chi connectivity index (χ2n) is 7.34. The predicted octanol–water partition coefficient (Wildman–Crippen LogP) is 3.69. The number of hydrogen-bond acceptors (Lipinski definition) is 4. The first kappa shape index (κ1) is 22.3. The molecule has 156 valence electrons. The van der Waals surface area contributed by atoms with Crippen molar-refractivity contribution < 1.29 is 23.5 Å². The summed E-state index contributed by atoms with van der Waals surface area (Å²) < 4.78 is 20.0. The number of rotatable bonds is 6. The summed E-state index contributed by atoms with van der Waals surface area (Å²) in [6, 6.07) is 4.29.